The third kappa shape index (κ3) is 1.49. The van der Waals surface area contributed by atoms with Crippen LogP contribution in [0.1, 0.15) is 39.0 Å². The van der Waals surface area contributed by atoms with E-state index in [9.17, 15) is 0 Å². The molecular formula is C12H22N2. The van der Waals surface area contributed by atoms with Gasteiger partial charge in [-0.3, -0.25) is 4.90 Å². The number of likely N-dealkylation sites (tertiary alicyclic amines) is 1. The van der Waals surface area contributed by atoms with Gasteiger partial charge < -0.3 is 5.32 Å². The van der Waals surface area contributed by atoms with Crippen LogP contribution in [0.25, 0.3) is 0 Å². The topological polar surface area (TPSA) is 15.3 Å². The molecule has 1 aliphatic carbocycles. The van der Waals surface area contributed by atoms with Gasteiger partial charge in [-0.05, 0) is 38.0 Å². The number of fused-ring (bicyclic) bond motifs is 2. The molecule has 0 radical (unpaired) electrons. The molecule has 2 heterocycles. The van der Waals surface area contributed by atoms with E-state index in [2.05, 4.69) is 17.1 Å². The Balaban J connectivity index is 1.61. The second-order valence-electron chi connectivity index (χ2n) is 5.61. The molecule has 0 aromatic rings. The summed E-state index contributed by atoms with van der Waals surface area (Å²) in [5.74, 6) is 0.990. The van der Waals surface area contributed by atoms with Gasteiger partial charge in [-0.1, -0.05) is 6.92 Å². The van der Waals surface area contributed by atoms with Gasteiger partial charge in [-0.15, -0.1) is 0 Å². The molecule has 3 fully saturated rings. The van der Waals surface area contributed by atoms with Gasteiger partial charge in [-0.25, -0.2) is 0 Å². The number of nitrogens with one attached hydrogen (secondary N) is 1. The van der Waals surface area contributed by atoms with Gasteiger partial charge in [-0.2, -0.15) is 0 Å². The summed E-state index contributed by atoms with van der Waals surface area (Å²) in [7, 11) is 0. The SMILES string of the molecule is CC1CCC(N2CC3CC2CN3)CC1. The van der Waals surface area contributed by atoms with E-state index in [1.807, 2.05) is 0 Å². The van der Waals surface area contributed by atoms with Crippen LogP contribution in [0.4, 0.5) is 0 Å². The fourth-order valence-electron chi connectivity index (χ4n) is 3.61. The molecule has 0 aromatic heterocycles. The van der Waals surface area contributed by atoms with Gasteiger partial charge in [0.2, 0.25) is 0 Å². The minimum Gasteiger partial charge on any atom is -0.311 e. The normalized spacial score (nSPS) is 48.6. The van der Waals surface area contributed by atoms with Gasteiger partial charge in [0.25, 0.3) is 0 Å². The average molecular weight is 194 g/mol. The zero-order valence-electron chi connectivity index (χ0n) is 9.21. The van der Waals surface area contributed by atoms with Crippen molar-refractivity contribution in [3.05, 3.63) is 0 Å². The highest BCUT2D eigenvalue weighted by molar-refractivity contribution is 5.00. The van der Waals surface area contributed by atoms with Crippen molar-refractivity contribution in [3.8, 4) is 0 Å². The highest BCUT2D eigenvalue weighted by Crippen LogP contribution is 2.33. The summed E-state index contributed by atoms with van der Waals surface area (Å²) in [4.78, 5) is 2.81. The zero-order valence-corrected chi connectivity index (χ0v) is 9.21. The minimum atomic E-state index is 0.833. The summed E-state index contributed by atoms with van der Waals surface area (Å²) in [6.07, 6.45) is 7.28. The van der Waals surface area contributed by atoms with Gasteiger partial charge in [0.05, 0.1) is 0 Å². The van der Waals surface area contributed by atoms with Crippen LogP contribution < -0.4 is 5.32 Å². The van der Waals surface area contributed by atoms with Gasteiger partial charge in [0.1, 0.15) is 0 Å². The fourth-order valence-corrected chi connectivity index (χ4v) is 3.61. The van der Waals surface area contributed by atoms with Crippen LogP contribution in [0.3, 0.4) is 0 Å². The molecule has 2 saturated heterocycles. The molecule has 2 bridgehead atoms. The van der Waals surface area contributed by atoms with Crippen molar-refractivity contribution >= 4 is 0 Å². The van der Waals surface area contributed by atoms with Crippen LogP contribution in [-0.2, 0) is 0 Å². The summed E-state index contributed by atoms with van der Waals surface area (Å²) in [5.41, 5.74) is 0. The second kappa shape index (κ2) is 3.49. The molecule has 1 N–H and O–H groups in total. The third-order valence-corrected chi connectivity index (χ3v) is 4.55. The Labute approximate surface area is 87.0 Å². The highest BCUT2D eigenvalue weighted by Gasteiger charge is 2.41. The standard InChI is InChI=1S/C12H22N2/c1-9-2-4-11(5-3-9)14-8-10-6-12(14)7-13-10/h9-13H,2-8H2,1H3. The first-order valence-electron chi connectivity index (χ1n) is 6.32. The molecule has 14 heavy (non-hydrogen) atoms. The van der Waals surface area contributed by atoms with Crippen molar-refractivity contribution < 1.29 is 0 Å². The number of nitrogens with zero attached hydrogens (tertiary/aromatic N) is 1. The summed E-state index contributed by atoms with van der Waals surface area (Å²) < 4.78 is 0. The van der Waals surface area contributed by atoms with Crippen LogP contribution >= 0.6 is 0 Å². The van der Waals surface area contributed by atoms with E-state index in [0.717, 1.165) is 24.0 Å². The van der Waals surface area contributed by atoms with E-state index in [1.165, 1.54) is 45.2 Å². The monoisotopic (exact) mass is 194 g/mol. The third-order valence-electron chi connectivity index (χ3n) is 4.55. The summed E-state index contributed by atoms with van der Waals surface area (Å²) in [6, 6.07) is 2.65. The first-order valence-corrected chi connectivity index (χ1v) is 6.32. The molecule has 2 nitrogen and oxygen atoms in total. The van der Waals surface area contributed by atoms with Crippen molar-refractivity contribution in [1.29, 1.82) is 0 Å². The molecule has 2 aliphatic heterocycles. The largest absolute Gasteiger partial charge is 0.311 e. The lowest BCUT2D eigenvalue weighted by molar-refractivity contribution is 0.113. The lowest BCUT2D eigenvalue weighted by Gasteiger charge is -2.38. The Morgan fingerprint density at radius 2 is 1.86 bits per heavy atom. The predicted octanol–water partition coefficient (Wildman–Crippen LogP) is 1.61. The van der Waals surface area contributed by atoms with E-state index in [-0.39, 0.29) is 0 Å². The van der Waals surface area contributed by atoms with E-state index < -0.39 is 0 Å². The molecular weight excluding hydrogens is 172 g/mol. The highest BCUT2D eigenvalue weighted by atomic mass is 15.3. The molecule has 0 spiro atoms. The maximum atomic E-state index is 3.59. The molecule has 3 aliphatic rings. The number of hydrogen-bond acceptors (Lipinski definition) is 2. The van der Waals surface area contributed by atoms with Crippen molar-refractivity contribution in [2.45, 2.75) is 57.2 Å². The molecule has 2 atom stereocenters. The van der Waals surface area contributed by atoms with Gasteiger partial charge in [0, 0.05) is 31.2 Å². The predicted molar refractivity (Wildman–Crippen MR) is 58.3 cm³/mol. The zero-order chi connectivity index (χ0) is 9.54. The molecule has 2 unspecified atom stereocenters. The molecule has 0 aromatic carbocycles. The number of hydrogen-bond donors (Lipinski definition) is 1. The first kappa shape index (κ1) is 9.17. The minimum absolute atomic E-state index is 0.833. The van der Waals surface area contributed by atoms with Crippen LogP contribution in [0.15, 0.2) is 0 Å². The Hall–Kier alpha value is -0.0800. The van der Waals surface area contributed by atoms with E-state index >= 15 is 0 Å². The Morgan fingerprint density at radius 1 is 1.07 bits per heavy atom. The van der Waals surface area contributed by atoms with Crippen molar-refractivity contribution in [2.24, 2.45) is 5.92 Å². The number of piperazine rings is 1. The van der Waals surface area contributed by atoms with Crippen molar-refractivity contribution in [2.75, 3.05) is 13.1 Å². The lowest BCUT2D eigenvalue weighted by atomic mass is 9.86. The molecule has 2 heteroatoms. The summed E-state index contributed by atoms with van der Waals surface area (Å²) >= 11 is 0. The smallest absolute Gasteiger partial charge is 0.0239 e. The van der Waals surface area contributed by atoms with E-state index in [0.29, 0.717) is 0 Å². The quantitative estimate of drug-likeness (QED) is 0.682. The maximum Gasteiger partial charge on any atom is 0.0239 e. The van der Waals surface area contributed by atoms with Crippen LogP contribution in [0, 0.1) is 5.92 Å². The fraction of sp³-hybridized carbons (Fsp3) is 1.00. The van der Waals surface area contributed by atoms with Crippen molar-refractivity contribution in [3.63, 3.8) is 0 Å². The van der Waals surface area contributed by atoms with Crippen molar-refractivity contribution in [1.82, 2.24) is 10.2 Å². The maximum absolute atomic E-state index is 3.59. The van der Waals surface area contributed by atoms with E-state index in [1.54, 1.807) is 0 Å². The Bertz CT molecular complexity index is 208. The summed E-state index contributed by atoms with van der Waals surface area (Å²) in [6.45, 7) is 5.01. The Morgan fingerprint density at radius 3 is 2.43 bits per heavy atom. The van der Waals surface area contributed by atoms with Crippen LogP contribution in [-0.4, -0.2) is 36.1 Å². The Kier molecular flexibility index (Phi) is 2.29. The first-order chi connectivity index (χ1) is 6.83. The number of rotatable bonds is 1. The van der Waals surface area contributed by atoms with Crippen LogP contribution in [0.2, 0.25) is 0 Å². The molecule has 3 rings (SSSR count). The molecule has 1 saturated carbocycles. The molecule has 0 amide bonds. The second-order valence-corrected chi connectivity index (χ2v) is 5.61. The average Bonchev–Trinajstić information content (AvgIpc) is 2.80. The summed E-state index contributed by atoms with van der Waals surface area (Å²) in [5, 5.41) is 3.59. The van der Waals surface area contributed by atoms with Crippen LogP contribution in [0.5, 0.6) is 0 Å². The lowest BCUT2D eigenvalue weighted by Crippen LogP contribution is -2.49. The molecule has 80 valence electrons. The van der Waals surface area contributed by atoms with Gasteiger partial charge >= 0.3 is 0 Å². The van der Waals surface area contributed by atoms with Gasteiger partial charge in [0.15, 0.2) is 0 Å². The van der Waals surface area contributed by atoms with E-state index in [4.69, 9.17) is 0 Å².